The molecule has 1 aromatic heterocycles. The first-order chi connectivity index (χ1) is 11.0. The van der Waals surface area contributed by atoms with E-state index in [-0.39, 0.29) is 0 Å². The molecule has 0 aliphatic rings. The number of hydrogen-bond acceptors (Lipinski definition) is 2. The predicted molar refractivity (Wildman–Crippen MR) is 105 cm³/mol. The Kier molecular flexibility index (Phi) is 11.4. The molecule has 0 saturated carbocycles. The van der Waals surface area contributed by atoms with E-state index in [2.05, 4.69) is 49.7 Å². The third kappa shape index (κ3) is 7.17. The summed E-state index contributed by atoms with van der Waals surface area (Å²) in [5.74, 6) is 1.26. The SMILES string of the molecule is CC.CCC.COc1ccc(Br)cc1-c1cccc(C(C)C)n1. The molecule has 2 aromatic rings. The van der Waals surface area contributed by atoms with Crippen molar-refractivity contribution < 1.29 is 4.74 Å². The summed E-state index contributed by atoms with van der Waals surface area (Å²) in [7, 11) is 1.68. The second kappa shape index (κ2) is 12.1. The van der Waals surface area contributed by atoms with Gasteiger partial charge in [0.15, 0.2) is 0 Å². The van der Waals surface area contributed by atoms with Crippen LogP contribution in [0.5, 0.6) is 5.75 Å². The van der Waals surface area contributed by atoms with E-state index in [1.807, 2.05) is 44.2 Å². The lowest BCUT2D eigenvalue weighted by atomic mass is 10.1. The van der Waals surface area contributed by atoms with Crippen LogP contribution >= 0.6 is 15.9 Å². The zero-order valence-electron chi connectivity index (χ0n) is 15.5. The molecule has 2 nitrogen and oxygen atoms in total. The van der Waals surface area contributed by atoms with Crippen LogP contribution in [0.4, 0.5) is 0 Å². The molecule has 2 rings (SSSR count). The van der Waals surface area contributed by atoms with Crippen LogP contribution in [0.2, 0.25) is 0 Å². The molecule has 128 valence electrons. The number of rotatable bonds is 3. The van der Waals surface area contributed by atoms with E-state index in [4.69, 9.17) is 9.72 Å². The van der Waals surface area contributed by atoms with Gasteiger partial charge < -0.3 is 4.74 Å². The van der Waals surface area contributed by atoms with Gasteiger partial charge in [0.1, 0.15) is 5.75 Å². The Bertz CT molecular complexity index is 567. The van der Waals surface area contributed by atoms with E-state index in [1.54, 1.807) is 7.11 Å². The number of ether oxygens (including phenoxy) is 1. The molecule has 0 saturated heterocycles. The van der Waals surface area contributed by atoms with E-state index in [1.165, 1.54) is 6.42 Å². The summed E-state index contributed by atoms with van der Waals surface area (Å²) >= 11 is 3.49. The van der Waals surface area contributed by atoms with Crippen molar-refractivity contribution in [3.63, 3.8) is 0 Å². The number of methoxy groups -OCH3 is 1. The second-order valence-corrected chi connectivity index (χ2v) is 6.07. The van der Waals surface area contributed by atoms with Crippen molar-refractivity contribution in [3.05, 3.63) is 46.6 Å². The Morgan fingerprint density at radius 3 is 2.22 bits per heavy atom. The highest BCUT2D eigenvalue weighted by Crippen LogP contribution is 2.32. The van der Waals surface area contributed by atoms with E-state index < -0.39 is 0 Å². The van der Waals surface area contributed by atoms with Crippen molar-refractivity contribution in [2.75, 3.05) is 7.11 Å². The lowest BCUT2D eigenvalue weighted by Crippen LogP contribution is -1.95. The van der Waals surface area contributed by atoms with Crippen molar-refractivity contribution in [1.82, 2.24) is 4.98 Å². The Hall–Kier alpha value is -1.35. The maximum atomic E-state index is 5.39. The van der Waals surface area contributed by atoms with Gasteiger partial charge in [-0.15, -0.1) is 0 Å². The molecule has 0 aliphatic heterocycles. The molecule has 3 heteroatoms. The quantitative estimate of drug-likeness (QED) is 0.567. The van der Waals surface area contributed by atoms with Crippen molar-refractivity contribution in [1.29, 1.82) is 0 Å². The molecule has 0 aliphatic carbocycles. The average molecular weight is 380 g/mol. The van der Waals surface area contributed by atoms with Gasteiger partial charge in [0.2, 0.25) is 0 Å². The van der Waals surface area contributed by atoms with Crippen LogP contribution in [0.15, 0.2) is 40.9 Å². The van der Waals surface area contributed by atoms with Crippen LogP contribution in [0.1, 0.15) is 59.6 Å². The fourth-order valence-corrected chi connectivity index (χ4v) is 2.16. The highest BCUT2D eigenvalue weighted by molar-refractivity contribution is 9.10. The fraction of sp³-hybridized carbons (Fsp3) is 0.450. The van der Waals surface area contributed by atoms with Crippen molar-refractivity contribution >= 4 is 15.9 Å². The zero-order valence-corrected chi connectivity index (χ0v) is 17.1. The lowest BCUT2D eigenvalue weighted by molar-refractivity contribution is 0.416. The van der Waals surface area contributed by atoms with Crippen molar-refractivity contribution in [3.8, 4) is 17.0 Å². The fourth-order valence-electron chi connectivity index (χ4n) is 1.80. The first-order valence-corrected chi connectivity index (χ1v) is 9.13. The Morgan fingerprint density at radius 2 is 1.70 bits per heavy atom. The standard InChI is InChI=1S/C15H16BrNO.C3H8.C2H6/c1-10(2)13-5-4-6-14(17-13)12-9-11(16)7-8-15(12)18-3;1-3-2;1-2/h4-10H,1-3H3;3H2,1-2H3;1-2H3. The number of pyridine rings is 1. The third-order valence-corrected chi connectivity index (χ3v) is 3.29. The van der Waals surface area contributed by atoms with E-state index in [0.717, 1.165) is 27.2 Å². The molecule has 0 bridgehead atoms. The normalized spacial score (nSPS) is 9.43. The monoisotopic (exact) mass is 379 g/mol. The molecule has 0 amide bonds. The van der Waals surface area contributed by atoms with Crippen LogP contribution in [0.3, 0.4) is 0 Å². The van der Waals surface area contributed by atoms with Crippen molar-refractivity contribution in [2.45, 2.75) is 53.9 Å². The van der Waals surface area contributed by atoms with Gasteiger partial charge >= 0.3 is 0 Å². The largest absolute Gasteiger partial charge is 0.496 e. The molecule has 1 heterocycles. The number of aromatic nitrogens is 1. The van der Waals surface area contributed by atoms with Crippen LogP contribution in [0.25, 0.3) is 11.3 Å². The average Bonchev–Trinajstić information content (AvgIpc) is 2.57. The summed E-state index contributed by atoms with van der Waals surface area (Å²) in [6, 6.07) is 12.1. The maximum Gasteiger partial charge on any atom is 0.128 e. The minimum absolute atomic E-state index is 0.420. The minimum Gasteiger partial charge on any atom is -0.496 e. The maximum absolute atomic E-state index is 5.39. The molecule has 0 radical (unpaired) electrons. The molecular formula is C20H30BrNO. The Labute approximate surface area is 150 Å². The first kappa shape index (κ1) is 21.6. The molecular weight excluding hydrogens is 350 g/mol. The summed E-state index contributed by atoms with van der Waals surface area (Å²) in [5, 5.41) is 0. The molecule has 0 atom stereocenters. The second-order valence-electron chi connectivity index (χ2n) is 5.15. The Balaban J connectivity index is 0.000000868. The van der Waals surface area contributed by atoms with Gasteiger partial charge in [-0.25, -0.2) is 0 Å². The zero-order chi connectivity index (χ0) is 17.8. The van der Waals surface area contributed by atoms with Crippen molar-refractivity contribution in [2.24, 2.45) is 0 Å². The summed E-state index contributed by atoms with van der Waals surface area (Å²) < 4.78 is 6.42. The van der Waals surface area contributed by atoms with Crippen LogP contribution < -0.4 is 4.74 Å². The van der Waals surface area contributed by atoms with E-state index in [0.29, 0.717) is 5.92 Å². The summed E-state index contributed by atoms with van der Waals surface area (Å²) in [5.41, 5.74) is 3.04. The van der Waals surface area contributed by atoms with Gasteiger partial charge in [-0.2, -0.15) is 0 Å². The number of nitrogens with zero attached hydrogens (tertiary/aromatic N) is 1. The van der Waals surface area contributed by atoms with Gasteiger partial charge in [0.05, 0.1) is 12.8 Å². The molecule has 0 fully saturated rings. The van der Waals surface area contributed by atoms with Gasteiger partial charge in [0.25, 0.3) is 0 Å². The smallest absolute Gasteiger partial charge is 0.128 e. The number of hydrogen-bond donors (Lipinski definition) is 0. The molecule has 0 unspecified atom stereocenters. The number of halogens is 1. The van der Waals surface area contributed by atoms with Crippen LogP contribution in [0, 0.1) is 0 Å². The van der Waals surface area contributed by atoms with E-state index in [9.17, 15) is 0 Å². The van der Waals surface area contributed by atoms with Gasteiger partial charge in [-0.05, 0) is 36.2 Å². The first-order valence-electron chi connectivity index (χ1n) is 8.34. The molecule has 0 spiro atoms. The minimum atomic E-state index is 0.420. The number of benzene rings is 1. The highest BCUT2D eigenvalue weighted by Gasteiger charge is 2.09. The summed E-state index contributed by atoms with van der Waals surface area (Å²) in [6.07, 6.45) is 1.25. The van der Waals surface area contributed by atoms with Gasteiger partial charge in [0, 0.05) is 15.7 Å². The summed E-state index contributed by atoms with van der Waals surface area (Å²) in [6.45, 7) is 12.5. The van der Waals surface area contributed by atoms with Crippen LogP contribution in [-0.2, 0) is 0 Å². The Morgan fingerprint density at radius 1 is 1.09 bits per heavy atom. The molecule has 1 aromatic carbocycles. The van der Waals surface area contributed by atoms with Gasteiger partial charge in [-0.3, -0.25) is 4.98 Å². The summed E-state index contributed by atoms with van der Waals surface area (Å²) in [4.78, 5) is 4.69. The third-order valence-electron chi connectivity index (χ3n) is 2.80. The molecule has 23 heavy (non-hydrogen) atoms. The predicted octanol–water partition coefficient (Wildman–Crippen LogP) is 7.09. The van der Waals surface area contributed by atoms with Crippen LogP contribution in [-0.4, -0.2) is 12.1 Å². The lowest BCUT2D eigenvalue weighted by Gasteiger charge is -2.11. The topological polar surface area (TPSA) is 22.1 Å². The molecule has 0 N–H and O–H groups in total. The van der Waals surface area contributed by atoms with Gasteiger partial charge in [-0.1, -0.05) is 70.0 Å². The highest BCUT2D eigenvalue weighted by atomic mass is 79.9. The van der Waals surface area contributed by atoms with E-state index >= 15 is 0 Å².